The molecule has 1 saturated heterocycles. The monoisotopic (exact) mass is 269 g/mol. The molecule has 1 aliphatic rings. The molecule has 96 valence electrons. The van der Waals surface area contributed by atoms with Crippen molar-refractivity contribution in [2.75, 3.05) is 23.8 Å². The predicted molar refractivity (Wildman–Crippen MR) is 63.5 cm³/mol. The molecule has 0 aromatic rings. The van der Waals surface area contributed by atoms with E-state index in [1.807, 2.05) is 6.92 Å². The van der Waals surface area contributed by atoms with Gasteiger partial charge < -0.3 is 0 Å². The Morgan fingerprint density at radius 1 is 1.19 bits per heavy atom. The fourth-order valence-electron chi connectivity index (χ4n) is 1.71. The number of hydrogen-bond acceptors (Lipinski definition) is 4. The van der Waals surface area contributed by atoms with E-state index in [1.54, 1.807) is 6.92 Å². The maximum atomic E-state index is 11.7. The number of hydrogen-bond donors (Lipinski definition) is 1. The second-order valence-electron chi connectivity index (χ2n) is 4.75. The molecule has 0 saturated carbocycles. The Morgan fingerprint density at radius 3 is 2.38 bits per heavy atom. The molecule has 1 rings (SSSR count). The summed E-state index contributed by atoms with van der Waals surface area (Å²) in [6, 6.07) is 0. The smallest absolute Gasteiger partial charge is 0.211 e. The first kappa shape index (κ1) is 13.9. The Morgan fingerprint density at radius 2 is 1.81 bits per heavy atom. The van der Waals surface area contributed by atoms with Gasteiger partial charge in [-0.3, -0.25) is 0 Å². The zero-order valence-corrected chi connectivity index (χ0v) is 11.3. The lowest BCUT2D eigenvalue weighted by molar-refractivity contribution is 0.352. The van der Waals surface area contributed by atoms with Crippen LogP contribution in [-0.2, 0) is 19.9 Å². The largest absolute Gasteiger partial charge is 0.229 e. The van der Waals surface area contributed by atoms with Crippen LogP contribution in [0.5, 0.6) is 0 Å². The highest BCUT2D eigenvalue weighted by Crippen LogP contribution is 2.24. The van der Waals surface area contributed by atoms with E-state index in [-0.39, 0.29) is 30.2 Å². The molecular weight excluding hydrogens is 250 g/mol. The van der Waals surface area contributed by atoms with Gasteiger partial charge in [0.2, 0.25) is 10.0 Å². The van der Waals surface area contributed by atoms with Crippen LogP contribution in [0.15, 0.2) is 0 Å². The first-order chi connectivity index (χ1) is 7.18. The molecule has 1 heterocycles. The van der Waals surface area contributed by atoms with E-state index < -0.39 is 25.3 Å². The van der Waals surface area contributed by atoms with Crippen LogP contribution in [0, 0.1) is 5.41 Å². The molecule has 1 atom stereocenters. The van der Waals surface area contributed by atoms with E-state index in [2.05, 4.69) is 4.72 Å². The molecule has 0 amide bonds. The van der Waals surface area contributed by atoms with E-state index in [1.165, 1.54) is 0 Å². The minimum atomic E-state index is -3.31. The summed E-state index contributed by atoms with van der Waals surface area (Å²) < 4.78 is 48.9. The van der Waals surface area contributed by atoms with Gasteiger partial charge in [-0.1, -0.05) is 13.8 Å². The van der Waals surface area contributed by atoms with Crippen LogP contribution in [0.1, 0.15) is 26.7 Å². The van der Waals surface area contributed by atoms with Crippen molar-refractivity contribution in [3.05, 3.63) is 0 Å². The molecule has 0 aliphatic carbocycles. The van der Waals surface area contributed by atoms with Gasteiger partial charge in [-0.15, -0.1) is 0 Å². The summed E-state index contributed by atoms with van der Waals surface area (Å²) >= 11 is 0. The van der Waals surface area contributed by atoms with Crippen molar-refractivity contribution in [2.24, 2.45) is 5.41 Å². The third-order valence-electron chi connectivity index (χ3n) is 3.01. The number of nitrogens with one attached hydrogen (secondary N) is 1. The predicted octanol–water partition coefficient (Wildman–Crippen LogP) is 0.141. The van der Waals surface area contributed by atoms with Gasteiger partial charge in [-0.25, -0.2) is 21.6 Å². The van der Waals surface area contributed by atoms with Gasteiger partial charge in [0.05, 0.1) is 17.3 Å². The standard InChI is InChI=1S/C9H19NO4S2/c1-3-9(2)7-10-16(13,14)6-4-5-15(11,12)8-9/h10H,3-8H2,1-2H3. The van der Waals surface area contributed by atoms with Gasteiger partial charge >= 0.3 is 0 Å². The first-order valence-electron chi connectivity index (χ1n) is 5.36. The Bertz CT molecular complexity index is 440. The summed E-state index contributed by atoms with van der Waals surface area (Å²) in [6.07, 6.45) is 0.812. The zero-order chi connectivity index (χ0) is 12.4. The fourth-order valence-corrected chi connectivity index (χ4v) is 5.22. The maximum absolute atomic E-state index is 11.7. The maximum Gasteiger partial charge on any atom is 0.211 e. The molecule has 16 heavy (non-hydrogen) atoms. The highest BCUT2D eigenvalue weighted by molar-refractivity contribution is 7.91. The summed E-state index contributed by atoms with van der Waals surface area (Å²) in [7, 11) is -6.45. The summed E-state index contributed by atoms with van der Waals surface area (Å²) in [5.74, 6) is -0.0887. The molecule has 7 heteroatoms. The van der Waals surface area contributed by atoms with Gasteiger partial charge in [0.1, 0.15) is 0 Å². The van der Waals surface area contributed by atoms with E-state index in [9.17, 15) is 16.8 Å². The van der Waals surface area contributed by atoms with Crippen molar-refractivity contribution in [1.29, 1.82) is 0 Å². The van der Waals surface area contributed by atoms with Crippen molar-refractivity contribution >= 4 is 19.9 Å². The molecule has 1 unspecified atom stereocenters. The van der Waals surface area contributed by atoms with E-state index in [0.717, 1.165) is 0 Å². The first-order valence-corrected chi connectivity index (χ1v) is 8.83. The minimum absolute atomic E-state index is 0.0382. The Labute approximate surface area is 97.6 Å². The highest BCUT2D eigenvalue weighted by Gasteiger charge is 2.32. The normalized spacial score (nSPS) is 34.6. The van der Waals surface area contributed by atoms with Crippen LogP contribution in [0.3, 0.4) is 0 Å². The lowest BCUT2D eigenvalue weighted by atomic mass is 9.90. The summed E-state index contributed by atoms with van der Waals surface area (Å²) in [5, 5.41) is 0. The molecule has 0 radical (unpaired) electrons. The quantitative estimate of drug-likeness (QED) is 0.734. The molecule has 1 fully saturated rings. The van der Waals surface area contributed by atoms with Crippen LogP contribution >= 0.6 is 0 Å². The molecule has 0 aromatic carbocycles. The molecule has 0 bridgehead atoms. The topological polar surface area (TPSA) is 80.3 Å². The van der Waals surface area contributed by atoms with Gasteiger partial charge in [0, 0.05) is 6.54 Å². The van der Waals surface area contributed by atoms with E-state index in [4.69, 9.17) is 0 Å². The molecule has 1 aliphatic heterocycles. The van der Waals surface area contributed by atoms with Crippen LogP contribution in [-0.4, -0.2) is 40.6 Å². The van der Waals surface area contributed by atoms with Gasteiger partial charge in [0.15, 0.2) is 9.84 Å². The van der Waals surface area contributed by atoms with Crippen molar-refractivity contribution in [3.63, 3.8) is 0 Å². The average molecular weight is 269 g/mol. The Hall–Kier alpha value is -0.140. The lowest BCUT2D eigenvalue weighted by Crippen LogP contribution is -2.39. The zero-order valence-electron chi connectivity index (χ0n) is 9.69. The number of rotatable bonds is 1. The average Bonchev–Trinajstić information content (AvgIpc) is 2.16. The van der Waals surface area contributed by atoms with Gasteiger partial charge in [-0.05, 0) is 18.3 Å². The Balaban J connectivity index is 2.98. The third kappa shape index (κ3) is 4.03. The van der Waals surface area contributed by atoms with Crippen molar-refractivity contribution < 1.29 is 16.8 Å². The highest BCUT2D eigenvalue weighted by atomic mass is 32.2. The summed E-state index contributed by atoms with van der Waals surface area (Å²) in [4.78, 5) is 0. The lowest BCUT2D eigenvalue weighted by Gasteiger charge is -2.27. The third-order valence-corrected chi connectivity index (χ3v) is 6.47. The number of sulfone groups is 1. The number of sulfonamides is 1. The molecule has 0 aromatic heterocycles. The van der Waals surface area contributed by atoms with Crippen LogP contribution in [0.4, 0.5) is 0 Å². The fraction of sp³-hybridized carbons (Fsp3) is 1.00. The minimum Gasteiger partial charge on any atom is -0.229 e. The van der Waals surface area contributed by atoms with Crippen molar-refractivity contribution in [1.82, 2.24) is 4.72 Å². The molecular formula is C9H19NO4S2. The van der Waals surface area contributed by atoms with E-state index >= 15 is 0 Å². The van der Waals surface area contributed by atoms with Gasteiger partial charge in [0.25, 0.3) is 0 Å². The van der Waals surface area contributed by atoms with Crippen LogP contribution < -0.4 is 4.72 Å². The second-order valence-corrected chi connectivity index (χ2v) is 8.86. The van der Waals surface area contributed by atoms with Gasteiger partial charge in [-0.2, -0.15) is 0 Å². The summed E-state index contributed by atoms with van der Waals surface area (Å²) in [6.45, 7) is 3.88. The van der Waals surface area contributed by atoms with Crippen molar-refractivity contribution in [3.8, 4) is 0 Å². The van der Waals surface area contributed by atoms with Crippen LogP contribution in [0.25, 0.3) is 0 Å². The van der Waals surface area contributed by atoms with E-state index in [0.29, 0.717) is 6.42 Å². The van der Waals surface area contributed by atoms with Crippen molar-refractivity contribution in [2.45, 2.75) is 26.7 Å². The molecule has 0 spiro atoms. The summed E-state index contributed by atoms with van der Waals surface area (Å²) in [5.41, 5.74) is -0.504. The molecule has 5 nitrogen and oxygen atoms in total. The molecule has 1 N–H and O–H groups in total. The van der Waals surface area contributed by atoms with Crippen LogP contribution in [0.2, 0.25) is 0 Å². The SMILES string of the molecule is CCC1(C)CNS(=O)(=O)CCCS(=O)(=O)C1. The Kier molecular flexibility index (Phi) is 4.02. The second kappa shape index (κ2) is 4.62.